The van der Waals surface area contributed by atoms with Gasteiger partial charge in [0.15, 0.2) is 0 Å². The van der Waals surface area contributed by atoms with Gasteiger partial charge < -0.3 is 13.4 Å². The van der Waals surface area contributed by atoms with E-state index in [1.807, 2.05) is 12.1 Å². The van der Waals surface area contributed by atoms with E-state index in [2.05, 4.69) is 157 Å². The molecule has 0 amide bonds. The minimum absolute atomic E-state index is 0.906. The lowest BCUT2D eigenvalue weighted by molar-refractivity contribution is 0.668. The lowest BCUT2D eigenvalue weighted by atomic mass is 9.87. The van der Waals surface area contributed by atoms with Crippen LogP contribution in [0.4, 0.5) is 0 Å². The molecule has 0 N–H and O–H groups in total. The fraction of sp³-hybridized carbons (Fsp3) is 0.0204. The number of aryl methyl sites for hydroxylation is 1. The molecule has 3 nitrogen and oxygen atoms in total. The summed E-state index contributed by atoms with van der Waals surface area (Å²) in [7, 11) is 0. The van der Waals surface area contributed by atoms with Crippen molar-refractivity contribution in [3.8, 4) is 50.2 Å². The summed E-state index contributed by atoms with van der Waals surface area (Å²) in [6.45, 7) is 2.25. The molecule has 0 bridgehead atoms. The summed E-state index contributed by atoms with van der Waals surface area (Å²) in [5, 5.41) is 7.06. The second-order valence-electron chi connectivity index (χ2n) is 14.1. The number of nitrogens with zero attached hydrogens (tertiary/aromatic N) is 1. The van der Waals surface area contributed by atoms with Crippen LogP contribution in [0, 0.1) is 6.92 Å². The number of aromatic nitrogens is 1. The first kappa shape index (κ1) is 27.9. The number of furan rings is 2. The van der Waals surface area contributed by atoms with E-state index in [0.717, 1.165) is 43.9 Å². The molecule has 11 aromatic rings. The maximum atomic E-state index is 6.36. The van der Waals surface area contributed by atoms with Crippen LogP contribution in [0.1, 0.15) is 5.56 Å². The maximum absolute atomic E-state index is 6.36. The van der Waals surface area contributed by atoms with Gasteiger partial charge in [-0.3, -0.25) is 0 Å². The molecule has 0 radical (unpaired) electrons. The molecule has 0 fully saturated rings. The summed E-state index contributed by atoms with van der Waals surface area (Å²) in [4.78, 5) is 0. The Morgan fingerprint density at radius 2 is 0.981 bits per heavy atom. The van der Waals surface area contributed by atoms with E-state index in [-0.39, 0.29) is 0 Å². The van der Waals surface area contributed by atoms with E-state index < -0.39 is 0 Å². The van der Waals surface area contributed by atoms with Crippen molar-refractivity contribution in [1.82, 2.24) is 4.57 Å². The molecule has 12 rings (SSSR count). The Balaban J connectivity index is 1.20. The molecule has 0 saturated heterocycles. The predicted molar refractivity (Wildman–Crippen MR) is 215 cm³/mol. The van der Waals surface area contributed by atoms with Gasteiger partial charge >= 0.3 is 0 Å². The van der Waals surface area contributed by atoms with Gasteiger partial charge in [0, 0.05) is 43.4 Å². The third-order valence-electron chi connectivity index (χ3n) is 11.3. The van der Waals surface area contributed by atoms with Crippen LogP contribution in [0.3, 0.4) is 0 Å². The lowest BCUT2D eigenvalue weighted by Crippen LogP contribution is -1.97. The van der Waals surface area contributed by atoms with E-state index in [4.69, 9.17) is 8.83 Å². The number of rotatable bonds is 2. The minimum atomic E-state index is 0.906. The van der Waals surface area contributed by atoms with Gasteiger partial charge in [0.05, 0.1) is 16.7 Å². The van der Waals surface area contributed by atoms with Crippen LogP contribution in [-0.2, 0) is 0 Å². The third kappa shape index (κ3) is 3.64. The highest BCUT2D eigenvalue weighted by molar-refractivity contribution is 6.20. The largest absolute Gasteiger partial charge is 0.456 e. The van der Waals surface area contributed by atoms with Crippen molar-refractivity contribution in [3.63, 3.8) is 0 Å². The van der Waals surface area contributed by atoms with Gasteiger partial charge in [-0.1, -0.05) is 103 Å². The summed E-state index contributed by atoms with van der Waals surface area (Å²) in [6.07, 6.45) is 0. The standard InChI is InChI=1S/C49H29NO2/c1-28-11-8-17-34-38-27-30(32-16-10-22-45-48(32)36-14-4-7-20-43(36)52-45)26-37-33-12-2-5-18-40(33)50(49(37)38)41-24-23-29(25-39(41)46(28)34)31-15-9-21-44-47(31)35-13-3-6-19-42(35)51-44/h2-27H,1H3. The number of hydrogen-bond donors (Lipinski definition) is 0. The van der Waals surface area contributed by atoms with Gasteiger partial charge in [-0.05, 0) is 100 Å². The Kier molecular flexibility index (Phi) is 5.43. The number of para-hydroxylation sites is 3. The Hall–Kier alpha value is -6.84. The first-order valence-electron chi connectivity index (χ1n) is 17.8. The van der Waals surface area contributed by atoms with Crippen LogP contribution >= 0.6 is 0 Å². The molecule has 1 aliphatic rings. The topological polar surface area (TPSA) is 31.2 Å². The van der Waals surface area contributed by atoms with Crippen molar-refractivity contribution < 1.29 is 8.83 Å². The van der Waals surface area contributed by atoms with Crippen LogP contribution in [0.15, 0.2) is 167 Å². The molecule has 4 heterocycles. The van der Waals surface area contributed by atoms with Gasteiger partial charge in [-0.2, -0.15) is 0 Å². The molecule has 0 aliphatic carbocycles. The third-order valence-corrected chi connectivity index (χ3v) is 11.3. The fourth-order valence-electron chi connectivity index (χ4n) is 9.09. The summed E-state index contributed by atoms with van der Waals surface area (Å²) in [6, 6.07) is 57.0. The Morgan fingerprint density at radius 1 is 0.404 bits per heavy atom. The summed E-state index contributed by atoms with van der Waals surface area (Å²) < 4.78 is 15.2. The van der Waals surface area contributed by atoms with E-state index in [1.54, 1.807) is 0 Å². The second-order valence-corrected chi connectivity index (χ2v) is 14.1. The van der Waals surface area contributed by atoms with Crippen molar-refractivity contribution in [3.05, 3.63) is 163 Å². The molecule has 0 atom stereocenters. The Morgan fingerprint density at radius 3 is 1.71 bits per heavy atom. The minimum Gasteiger partial charge on any atom is -0.456 e. The molecule has 242 valence electrons. The first-order valence-corrected chi connectivity index (χ1v) is 17.8. The summed E-state index contributed by atoms with van der Waals surface area (Å²) in [5.74, 6) is 0. The Bertz CT molecular complexity index is 3310. The van der Waals surface area contributed by atoms with Gasteiger partial charge in [-0.15, -0.1) is 0 Å². The molecule has 8 aromatic carbocycles. The first-order chi connectivity index (χ1) is 25.7. The van der Waals surface area contributed by atoms with Crippen molar-refractivity contribution in [1.29, 1.82) is 0 Å². The highest BCUT2D eigenvalue weighted by atomic mass is 16.3. The van der Waals surface area contributed by atoms with E-state index in [9.17, 15) is 0 Å². The molecule has 3 aromatic heterocycles. The molecule has 3 heteroatoms. The smallest absolute Gasteiger partial charge is 0.136 e. The highest BCUT2D eigenvalue weighted by Crippen LogP contribution is 2.51. The normalized spacial score (nSPS) is 12.3. The highest BCUT2D eigenvalue weighted by Gasteiger charge is 2.27. The maximum Gasteiger partial charge on any atom is 0.136 e. The Labute approximate surface area is 298 Å². The summed E-state index contributed by atoms with van der Waals surface area (Å²) >= 11 is 0. The van der Waals surface area contributed by atoms with Crippen LogP contribution in [0.5, 0.6) is 0 Å². The SMILES string of the molecule is Cc1cccc2c1-c1cc(-c3cccc4oc5ccccc5c34)ccc1-n1c3ccccc3c3cc(-c4cccc5oc6ccccc6c45)cc-2c31. The van der Waals surface area contributed by atoms with E-state index in [1.165, 1.54) is 77.6 Å². The second kappa shape index (κ2) is 10.1. The van der Waals surface area contributed by atoms with Gasteiger partial charge in [-0.25, -0.2) is 0 Å². The lowest BCUT2D eigenvalue weighted by Gasteiger charge is -2.17. The van der Waals surface area contributed by atoms with Crippen LogP contribution in [0.2, 0.25) is 0 Å². The van der Waals surface area contributed by atoms with Crippen LogP contribution < -0.4 is 0 Å². The zero-order valence-corrected chi connectivity index (χ0v) is 28.3. The molecule has 0 saturated carbocycles. The number of fused-ring (bicyclic) bond motifs is 14. The average molecular weight is 664 g/mol. The van der Waals surface area contributed by atoms with Gasteiger partial charge in [0.2, 0.25) is 0 Å². The predicted octanol–water partition coefficient (Wildman–Crippen LogP) is 13.9. The molecule has 52 heavy (non-hydrogen) atoms. The van der Waals surface area contributed by atoms with Crippen molar-refractivity contribution in [2.75, 3.05) is 0 Å². The number of benzene rings is 8. The molecule has 1 aliphatic heterocycles. The molecular formula is C49H29NO2. The zero-order chi connectivity index (χ0) is 34.1. The average Bonchev–Trinajstić information content (AvgIpc) is 3.84. The van der Waals surface area contributed by atoms with Crippen molar-refractivity contribution >= 4 is 65.7 Å². The quantitative estimate of drug-likeness (QED) is 0.184. The van der Waals surface area contributed by atoms with Crippen LogP contribution in [0.25, 0.3) is 116 Å². The molecule has 0 spiro atoms. The summed E-state index contributed by atoms with van der Waals surface area (Å²) in [5.41, 5.74) is 18.2. The number of hydrogen-bond acceptors (Lipinski definition) is 2. The van der Waals surface area contributed by atoms with Gasteiger partial charge in [0.25, 0.3) is 0 Å². The van der Waals surface area contributed by atoms with Crippen molar-refractivity contribution in [2.24, 2.45) is 0 Å². The zero-order valence-electron chi connectivity index (χ0n) is 28.3. The van der Waals surface area contributed by atoms with Crippen molar-refractivity contribution in [2.45, 2.75) is 6.92 Å². The molecular weight excluding hydrogens is 635 g/mol. The molecule has 0 unspecified atom stereocenters. The van der Waals surface area contributed by atoms with Gasteiger partial charge in [0.1, 0.15) is 22.3 Å². The van der Waals surface area contributed by atoms with E-state index in [0.29, 0.717) is 0 Å². The monoisotopic (exact) mass is 663 g/mol. The van der Waals surface area contributed by atoms with E-state index >= 15 is 0 Å². The fourth-order valence-corrected chi connectivity index (χ4v) is 9.09. The van der Waals surface area contributed by atoms with Crippen LogP contribution in [-0.4, -0.2) is 4.57 Å².